The molecule has 2 aromatic rings. The van der Waals surface area contributed by atoms with Gasteiger partial charge in [-0.15, -0.1) is 0 Å². The SMILES string of the molecule is Cc1cc(N(C)CCC(C)O)c2cc(F)ccc2n1. The minimum atomic E-state index is -0.339. The second-order valence-corrected chi connectivity index (χ2v) is 5.00. The van der Waals surface area contributed by atoms with E-state index in [1.165, 1.54) is 12.1 Å². The van der Waals surface area contributed by atoms with Crippen molar-refractivity contribution < 1.29 is 9.50 Å². The number of hydrogen-bond acceptors (Lipinski definition) is 3. The summed E-state index contributed by atoms with van der Waals surface area (Å²) < 4.78 is 13.4. The van der Waals surface area contributed by atoms with Gasteiger partial charge in [-0.2, -0.15) is 0 Å². The van der Waals surface area contributed by atoms with Crippen molar-refractivity contribution >= 4 is 16.6 Å². The molecule has 1 atom stereocenters. The summed E-state index contributed by atoms with van der Waals surface area (Å²) in [7, 11) is 1.95. The molecule has 1 heterocycles. The summed E-state index contributed by atoms with van der Waals surface area (Å²) in [6.45, 7) is 4.41. The third kappa shape index (κ3) is 3.20. The molecule has 1 N–H and O–H groups in total. The number of fused-ring (bicyclic) bond motifs is 1. The van der Waals surface area contributed by atoms with Crippen molar-refractivity contribution in [2.45, 2.75) is 26.4 Å². The third-order valence-electron chi connectivity index (χ3n) is 3.17. The Balaban J connectivity index is 2.43. The van der Waals surface area contributed by atoms with Gasteiger partial charge in [0.1, 0.15) is 5.82 Å². The Morgan fingerprint density at radius 2 is 2.11 bits per heavy atom. The third-order valence-corrected chi connectivity index (χ3v) is 3.17. The first kappa shape index (κ1) is 13.7. The summed E-state index contributed by atoms with van der Waals surface area (Å²) in [6.07, 6.45) is 0.336. The monoisotopic (exact) mass is 262 g/mol. The van der Waals surface area contributed by atoms with Gasteiger partial charge in [0.15, 0.2) is 0 Å². The Bertz CT molecular complexity index is 584. The predicted octanol–water partition coefficient (Wildman–Crippen LogP) is 2.89. The Kier molecular flexibility index (Phi) is 4.00. The Morgan fingerprint density at radius 1 is 1.37 bits per heavy atom. The van der Waals surface area contributed by atoms with Crippen molar-refractivity contribution in [1.29, 1.82) is 0 Å². The lowest BCUT2D eigenvalue weighted by molar-refractivity contribution is 0.187. The van der Waals surface area contributed by atoms with Crippen LogP contribution in [0, 0.1) is 12.7 Å². The number of rotatable bonds is 4. The van der Waals surface area contributed by atoms with Crippen LogP contribution in [0.5, 0.6) is 0 Å². The first-order valence-corrected chi connectivity index (χ1v) is 6.43. The van der Waals surface area contributed by atoms with Crippen LogP contribution in [0.3, 0.4) is 0 Å². The number of hydrogen-bond donors (Lipinski definition) is 1. The number of aliphatic hydroxyl groups is 1. The Morgan fingerprint density at radius 3 is 2.79 bits per heavy atom. The number of anilines is 1. The fourth-order valence-electron chi connectivity index (χ4n) is 2.13. The van der Waals surface area contributed by atoms with E-state index in [0.29, 0.717) is 13.0 Å². The van der Waals surface area contributed by atoms with Crippen LogP contribution in [0.25, 0.3) is 10.9 Å². The molecule has 0 spiro atoms. The topological polar surface area (TPSA) is 36.4 Å². The van der Waals surface area contributed by atoms with E-state index in [1.54, 1.807) is 13.0 Å². The zero-order valence-electron chi connectivity index (χ0n) is 11.5. The molecule has 1 aromatic carbocycles. The molecule has 3 nitrogen and oxygen atoms in total. The second-order valence-electron chi connectivity index (χ2n) is 5.00. The molecule has 0 amide bonds. The lowest BCUT2D eigenvalue weighted by Gasteiger charge is -2.22. The van der Waals surface area contributed by atoms with E-state index < -0.39 is 0 Å². The summed E-state index contributed by atoms with van der Waals surface area (Å²) in [6, 6.07) is 6.58. The first-order chi connectivity index (χ1) is 8.97. The van der Waals surface area contributed by atoms with Crippen LogP contribution >= 0.6 is 0 Å². The molecule has 19 heavy (non-hydrogen) atoms. The Labute approximate surface area is 112 Å². The summed E-state index contributed by atoms with van der Waals surface area (Å²) in [5.74, 6) is -0.261. The molecule has 0 aliphatic rings. The molecule has 0 saturated carbocycles. The highest BCUT2D eigenvalue weighted by Gasteiger charge is 2.10. The molecule has 102 valence electrons. The lowest BCUT2D eigenvalue weighted by atomic mass is 10.1. The highest BCUT2D eigenvalue weighted by atomic mass is 19.1. The molecule has 0 radical (unpaired) electrons. The molecular formula is C15H19FN2O. The molecule has 0 fully saturated rings. The number of benzene rings is 1. The molecule has 1 unspecified atom stereocenters. The van der Waals surface area contributed by atoms with Crippen LogP contribution in [0.1, 0.15) is 19.0 Å². The fraction of sp³-hybridized carbons (Fsp3) is 0.400. The molecule has 2 rings (SSSR count). The van der Waals surface area contributed by atoms with Gasteiger partial charge in [0.25, 0.3) is 0 Å². The van der Waals surface area contributed by atoms with Crippen molar-refractivity contribution in [2.75, 3.05) is 18.5 Å². The van der Waals surface area contributed by atoms with Crippen LogP contribution in [-0.4, -0.2) is 29.8 Å². The van der Waals surface area contributed by atoms with Gasteiger partial charge in [-0.05, 0) is 44.5 Å². The van der Waals surface area contributed by atoms with Crippen LogP contribution < -0.4 is 4.90 Å². The number of halogens is 1. The van der Waals surface area contributed by atoms with Gasteiger partial charge >= 0.3 is 0 Å². The minimum absolute atomic E-state index is 0.261. The van der Waals surface area contributed by atoms with Crippen LogP contribution in [0.2, 0.25) is 0 Å². The van der Waals surface area contributed by atoms with Crippen molar-refractivity contribution in [3.8, 4) is 0 Å². The molecule has 0 aliphatic carbocycles. The normalized spacial score (nSPS) is 12.7. The number of aromatic nitrogens is 1. The van der Waals surface area contributed by atoms with Crippen LogP contribution in [0.15, 0.2) is 24.3 Å². The highest BCUT2D eigenvalue weighted by molar-refractivity contribution is 5.91. The maximum absolute atomic E-state index is 13.4. The first-order valence-electron chi connectivity index (χ1n) is 6.43. The molecule has 1 aromatic heterocycles. The highest BCUT2D eigenvalue weighted by Crippen LogP contribution is 2.27. The molecular weight excluding hydrogens is 243 g/mol. The summed E-state index contributed by atoms with van der Waals surface area (Å²) in [4.78, 5) is 6.44. The van der Waals surface area contributed by atoms with E-state index in [-0.39, 0.29) is 11.9 Å². The van der Waals surface area contributed by atoms with Crippen molar-refractivity contribution in [2.24, 2.45) is 0 Å². The molecule has 0 aliphatic heterocycles. The lowest BCUT2D eigenvalue weighted by Crippen LogP contribution is -2.22. The fourth-order valence-corrected chi connectivity index (χ4v) is 2.13. The van der Waals surface area contributed by atoms with E-state index in [9.17, 15) is 9.50 Å². The second kappa shape index (κ2) is 5.53. The van der Waals surface area contributed by atoms with E-state index in [0.717, 1.165) is 22.3 Å². The Hall–Kier alpha value is -1.68. The van der Waals surface area contributed by atoms with Crippen molar-refractivity contribution in [3.05, 3.63) is 35.8 Å². The summed E-state index contributed by atoms with van der Waals surface area (Å²) in [5, 5.41) is 10.2. The molecule has 0 saturated heterocycles. The smallest absolute Gasteiger partial charge is 0.124 e. The van der Waals surface area contributed by atoms with Gasteiger partial charge in [-0.3, -0.25) is 4.98 Å². The van der Waals surface area contributed by atoms with Crippen LogP contribution in [0.4, 0.5) is 10.1 Å². The van der Waals surface area contributed by atoms with Gasteiger partial charge in [0.05, 0.1) is 11.6 Å². The number of aliphatic hydroxyl groups excluding tert-OH is 1. The average molecular weight is 262 g/mol. The number of nitrogens with zero attached hydrogens (tertiary/aromatic N) is 2. The van der Waals surface area contributed by atoms with E-state index in [1.807, 2.05) is 24.9 Å². The van der Waals surface area contributed by atoms with Gasteiger partial charge in [0.2, 0.25) is 0 Å². The van der Waals surface area contributed by atoms with E-state index in [2.05, 4.69) is 4.98 Å². The zero-order valence-corrected chi connectivity index (χ0v) is 11.5. The largest absolute Gasteiger partial charge is 0.393 e. The van der Waals surface area contributed by atoms with Crippen molar-refractivity contribution in [1.82, 2.24) is 4.98 Å². The summed E-state index contributed by atoms with van der Waals surface area (Å²) in [5.41, 5.74) is 2.64. The quantitative estimate of drug-likeness (QED) is 0.920. The van der Waals surface area contributed by atoms with Crippen molar-refractivity contribution in [3.63, 3.8) is 0 Å². The molecule has 0 bridgehead atoms. The van der Waals surface area contributed by atoms with Crippen LogP contribution in [-0.2, 0) is 0 Å². The maximum atomic E-state index is 13.4. The van der Waals surface area contributed by atoms with Gasteiger partial charge in [-0.25, -0.2) is 4.39 Å². The number of aryl methyl sites for hydroxylation is 1. The molecule has 4 heteroatoms. The zero-order chi connectivity index (χ0) is 14.0. The van der Waals surface area contributed by atoms with Gasteiger partial charge in [-0.1, -0.05) is 0 Å². The van der Waals surface area contributed by atoms with E-state index >= 15 is 0 Å². The predicted molar refractivity (Wildman–Crippen MR) is 76.0 cm³/mol. The maximum Gasteiger partial charge on any atom is 0.124 e. The average Bonchev–Trinajstić information content (AvgIpc) is 2.35. The van der Waals surface area contributed by atoms with Gasteiger partial charge in [0, 0.05) is 30.4 Å². The van der Waals surface area contributed by atoms with E-state index in [4.69, 9.17) is 0 Å². The number of pyridine rings is 1. The standard InChI is InChI=1S/C15H19FN2O/c1-10-8-15(18(3)7-6-11(2)19)13-9-12(16)4-5-14(13)17-10/h4-5,8-9,11,19H,6-7H2,1-3H3. The minimum Gasteiger partial charge on any atom is -0.393 e. The summed E-state index contributed by atoms with van der Waals surface area (Å²) >= 11 is 0. The van der Waals surface area contributed by atoms with Gasteiger partial charge < -0.3 is 10.0 Å².